The number of likely N-dealkylation sites (N-methyl/N-ethyl adjacent to an activating group) is 1. The van der Waals surface area contributed by atoms with Crippen molar-refractivity contribution < 1.29 is 116 Å². The average molecular weight is 1480 g/mol. The van der Waals surface area contributed by atoms with E-state index in [4.69, 9.17) is 61.7 Å². The zero-order valence-electron chi connectivity index (χ0n) is 53.9. The Hall–Kier alpha value is -4.31. The smallest absolute Gasteiger partial charge is 0.411 e. The number of nitrogens with one attached hydrogen (secondary N) is 2. The van der Waals surface area contributed by atoms with Gasteiger partial charge in [-0.15, -0.1) is 0 Å². The molecule has 1 aromatic rings. The van der Waals surface area contributed by atoms with Gasteiger partial charge in [0.05, 0.1) is 97.0 Å². The molecule has 4 aliphatic heterocycles. The molecule has 2 bridgehead atoms. The largest absolute Gasteiger partial charge is 0.492 e. The van der Waals surface area contributed by atoms with Crippen molar-refractivity contribution in [2.75, 3.05) is 54.5 Å². The third-order valence-electron chi connectivity index (χ3n) is 16.5. The standard InChI is InChI=1S/C62H84IN3O24S3/c1-14-66(33(6)67)35-28-83-41(26-39(35)78-9)88-54-49(73)46(30(3)85-59(54)87-38-19-17-15-16-18-22-62(77)27-37(69)47(64-60(76)82-13)44(38)34(62)21-24-91-93-61(7,8)23-20-40(70)71)65-90-42-25-36(68)56(32(5)84-42)92-57(75)43-29(2)45(63)52(55(81-12)51(43)79-10)89-58-50(74)53(80-11)48(72)31(4)86-58/h15-16,21,30-32,35-36,38-39,41-42,46,48-50,53-54,56,58-59,65,68,72-74,77H,14,20,23-28H2,1-13H3,(H,64,76)(H,70,71)/t30-,31+,32-,35+,36+,38+,39+,41+,42+,46-,48+,49+,50-,53-,54-,56-,58+,59+,62+/m1/s1. The minimum atomic E-state index is -2.18. The number of nitrogens with zero attached hydrogens (tertiary/aromatic N) is 1. The number of carboxylic acids is 1. The van der Waals surface area contributed by atoms with Crippen LogP contribution in [0, 0.1) is 34.2 Å². The van der Waals surface area contributed by atoms with Gasteiger partial charge < -0.3 is 92.4 Å². The minimum absolute atomic E-state index is 0.00298. The van der Waals surface area contributed by atoms with Crippen molar-refractivity contribution in [1.29, 1.82) is 0 Å². The van der Waals surface area contributed by atoms with Crippen LogP contribution in [-0.2, 0) is 61.9 Å². The maximum Gasteiger partial charge on any atom is 0.411 e. The molecule has 0 spiro atoms. The lowest BCUT2D eigenvalue weighted by Gasteiger charge is -2.47. The van der Waals surface area contributed by atoms with Gasteiger partial charge in [0.25, 0.3) is 0 Å². The molecule has 6 aliphatic rings. The molecule has 2 aliphatic carbocycles. The molecule has 2 amide bonds. The predicted molar refractivity (Wildman–Crippen MR) is 346 cm³/mol. The van der Waals surface area contributed by atoms with Crippen LogP contribution in [0.2, 0.25) is 0 Å². The van der Waals surface area contributed by atoms with E-state index >= 15 is 0 Å². The molecular formula is C62H84IN3O24S3. The van der Waals surface area contributed by atoms with Gasteiger partial charge >= 0.3 is 12.1 Å². The third-order valence-corrected chi connectivity index (χ3v) is 22.4. The summed E-state index contributed by atoms with van der Waals surface area (Å²) in [6, 6.07) is -1.69. The van der Waals surface area contributed by atoms with Gasteiger partial charge in [-0.2, -0.15) is 5.48 Å². The fraction of sp³-hybridized carbons (Fsp3) is 0.661. The molecule has 0 aromatic heterocycles. The number of hydrogen-bond acceptors (Lipinski definition) is 27. The molecule has 516 valence electrons. The second-order valence-electron chi connectivity index (χ2n) is 23.3. The summed E-state index contributed by atoms with van der Waals surface area (Å²) < 4.78 is 72.3. The zero-order chi connectivity index (χ0) is 68.4. The maximum absolute atomic E-state index is 14.5. The van der Waals surface area contributed by atoms with Crippen LogP contribution in [0.5, 0.6) is 17.2 Å². The highest BCUT2D eigenvalue weighted by Crippen LogP contribution is 2.49. The van der Waals surface area contributed by atoms with Crippen molar-refractivity contribution >= 4 is 84.8 Å². The van der Waals surface area contributed by atoms with Crippen LogP contribution < -0.4 is 25.0 Å². The minimum Gasteiger partial charge on any atom is -0.492 e. The Balaban J connectivity index is 1.15. The number of carboxylic acid groups (broad SMARTS) is 1. The van der Waals surface area contributed by atoms with Gasteiger partial charge in [0.2, 0.25) is 23.1 Å². The summed E-state index contributed by atoms with van der Waals surface area (Å²) in [6.07, 6.45) is -15.2. The first kappa shape index (κ1) is 76.1. The Kier molecular flexibility index (Phi) is 27.6. The predicted octanol–water partition coefficient (Wildman–Crippen LogP) is 3.82. The molecule has 31 heteroatoms. The number of allylic oxidation sites excluding steroid dienone is 3. The third kappa shape index (κ3) is 18.1. The van der Waals surface area contributed by atoms with Crippen molar-refractivity contribution in [2.45, 2.75) is 207 Å². The maximum atomic E-state index is 14.5. The number of benzene rings is 1. The summed E-state index contributed by atoms with van der Waals surface area (Å²) in [4.78, 5) is 73.8. The molecule has 0 radical (unpaired) electrons. The molecule has 0 saturated carbocycles. The molecule has 4 saturated heterocycles. The van der Waals surface area contributed by atoms with E-state index in [-0.39, 0.29) is 77.2 Å². The topological polar surface area (TPSA) is 354 Å². The number of fused-ring (bicyclic) bond motifs is 2. The number of ether oxygens (including phenoxy) is 12. The van der Waals surface area contributed by atoms with Crippen LogP contribution in [0.1, 0.15) is 96.5 Å². The number of methoxy groups -OCH3 is 5. The van der Waals surface area contributed by atoms with Gasteiger partial charge in [0.15, 0.2) is 41.8 Å². The van der Waals surface area contributed by atoms with Crippen LogP contribution in [0.4, 0.5) is 4.79 Å². The van der Waals surface area contributed by atoms with E-state index in [9.17, 15) is 54.6 Å². The first-order valence-electron chi connectivity index (χ1n) is 30.0. The van der Waals surface area contributed by atoms with Gasteiger partial charge in [-0.25, -0.2) is 4.79 Å². The number of aliphatic hydroxyl groups is 5. The summed E-state index contributed by atoms with van der Waals surface area (Å²) >= 11 is 2.78. The molecule has 4 fully saturated rings. The van der Waals surface area contributed by atoms with Crippen LogP contribution in [0.25, 0.3) is 0 Å². The van der Waals surface area contributed by atoms with Crippen LogP contribution >= 0.6 is 55.9 Å². The quantitative estimate of drug-likeness (QED) is 0.0227. The van der Waals surface area contributed by atoms with Gasteiger partial charge in [0, 0.05) is 68.6 Å². The summed E-state index contributed by atoms with van der Waals surface area (Å²) in [6.45, 7) is 13.9. The first-order chi connectivity index (χ1) is 44.1. The average Bonchev–Trinajstić information content (AvgIpc) is 0.764. The SMILES string of the molecule is CCN(C(C)=O)[C@H]1CO[C@@H](O[C@H]2[C@H](O[C@H]3C#CC=CC#C[C@]4(O)CC(=O)C(NC(=O)OC)=C3C4=CCSSC(C)(C)CCC(=O)O)O[C@H](C)[C@@H](NO[C@H]3C[C@H](O)[C@H](SC(=O)c4c(C)c(I)c(O[C@@H]5O[C@@H](C)[C@H](O)[C@@H](OC)[C@H]5O)c(OC)c4OC)[C@@H](C)O3)[C@@H]2O)C[C@@H]1OC. The number of carbonyl (C=O) groups excluding carboxylic acids is 4. The molecule has 93 heavy (non-hydrogen) atoms. The Morgan fingerprint density at radius 3 is 2.22 bits per heavy atom. The number of aliphatic carboxylic acids is 1. The van der Waals surface area contributed by atoms with Crippen LogP contribution in [-0.4, -0.2) is 239 Å². The molecule has 7 rings (SSSR count). The number of halogens is 1. The Bertz CT molecular complexity index is 3080. The normalized spacial score (nSPS) is 33.3. The summed E-state index contributed by atoms with van der Waals surface area (Å²) in [5.74, 6) is 9.77. The van der Waals surface area contributed by atoms with Crippen molar-refractivity contribution in [3.8, 4) is 40.9 Å². The number of rotatable bonds is 25. The second-order valence-corrected chi connectivity index (χ2v) is 28.6. The monoisotopic (exact) mass is 1480 g/mol. The molecule has 0 unspecified atom stereocenters. The molecule has 19 atom stereocenters. The highest BCUT2D eigenvalue weighted by atomic mass is 127. The fourth-order valence-corrected chi connectivity index (χ4v) is 15.8. The number of carbonyl (C=O) groups is 5. The summed E-state index contributed by atoms with van der Waals surface area (Å²) in [5.41, 5.74) is 0.809. The summed E-state index contributed by atoms with van der Waals surface area (Å²) in [5, 5.41) is 69.1. The lowest BCUT2D eigenvalue weighted by Crippen LogP contribution is -2.65. The number of thioether (sulfide) groups is 1. The number of aliphatic hydroxyl groups excluding tert-OH is 4. The van der Waals surface area contributed by atoms with E-state index in [2.05, 4.69) is 34.5 Å². The highest BCUT2D eigenvalue weighted by molar-refractivity contribution is 14.1. The first-order valence-corrected chi connectivity index (χ1v) is 34.3. The van der Waals surface area contributed by atoms with Gasteiger partial charge in [-0.3, -0.25) is 29.3 Å². The number of alkyl carbamates (subject to hydrolysis) is 1. The molecular weight excluding hydrogens is 1390 g/mol. The molecule has 27 nitrogen and oxygen atoms in total. The van der Waals surface area contributed by atoms with E-state index in [1.807, 2.05) is 43.4 Å². The van der Waals surface area contributed by atoms with Crippen molar-refractivity contribution in [3.63, 3.8) is 0 Å². The Labute approximate surface area is 566 Å². The van der Waals surface area contributed by atoms with Crippen molar-refractivity contribution in [2.24, 2.45) is 0 Å². The lowest BCUT2D eigenvalue weighted by molar-refractivity contribution is -0.337. The second kappa shape index (κ2) is 33.8. The van der Waals surface area contributed by atoms with Crippen LogP contribution in [0.15, 0.2) is 35.1 Å². The fourth-order valence-electron chi connectivity index (χ4n) is 11.6. The van der Waals surface area contributed by atoms with Gasteiger partial charge in [-0.1, -0.05) is 63.1 Å². The number of hydrogen-bond donors (Lipinski definition) is 8. The number of amides is 2. The molecule has 1 aromatic carbocycles. The van der Waals surface area contributed by atoms with Gasteiger partial charge in [-0.05, 0) is 95.2 Å². The van der Waals surface area contributed by atoms with Gasteiger partial charge in [0.1, 0.15) is 36.6 Å². The zero-order valence-corrected chi connectivity index (χ0v) is 58.5. The number of Topliss-reactive ketones (excluding diaryl/α,β-unsaturated/α-hetero) is 1. The van der Waals surface area contributed by atoms with E-state index in [1.54, 1.807) is 38.7 Å². The van der Waals surface area contributed by atoms with E-state index in [0.29, 0.717) is 22.1 Å². The number of ketones is 1. The summed E-state index contributed by atoms with van der Waals surface area (Å²) in [7, 11) is 9.38. The van der Waals surface area contributed by atoms with E-state index in [1.165, 1.54) is 69.1 Å². The van der Waals surface area contributed by atoms with E-state index < -0.39 is 149 Å². The van der Waals surface area contributed by atoms with E-state index in [0.717, 1.165) is 18.9 Å². The molecule has 8 N–H and O–H groups in total. The van der Waals surface area contributed by atoms with Crippen molar-refractivity contribution in [1.82, 2.24) is 15.7 Å². The Morgan fingerprint density at radius 1 is 0.882 bits per heavy atom. The lowest BCUT2D eigenvalue weighted by atomic mass is 9.75. The number of hydroxylamine groups is 1. The van der Waals surface area contributed by atoms with Crippen LogP contribution in [0.3, 0.4) is 0 Å². The highest BCUT2D eigenvalue weighted by Gasteiger charge is 2.52. The Morgan fingerprint density at radius 2 is 1.58 bits per heavy atom. The van der Waals surface area contributed by atoms with Crippen molar-refractivity contribution in [3.05, 3.63) is 49.8 Å². The molecule has 4 heterocycles.